The molecule has 0 unspecified atom stereocenters. The van der Waals surface area contributed by atoms with E-state index in [1.807, 2.05) is 38.1 Å². The van der Waals surface area contributed by atoms with Crippen molar-refractivity contribution in [2.24, 2.45) is 0 Å². The summed E-state index contributed by atoms with van der Waals surface area (Å²) in [6.45, 7) is 12.6. The molecule has 2 rings (SSSR count). The molecule has 120 valence electrons. The van der Waals surface area contributed by atoms with Gasteiger partial charge in [0, 0.05) is 11.4 Å². The lowest BCUT2D eigenvalue weighted by Gasteiger charge is -2.08. The molecule has 0 fully saturated rings. The minimum atomic E-state index is 0.531. The number of nitrogens with two attached hydrogens (primary N) is 2. The number of rotatable bonds is 2. The molecule has 0 aromatic carbocycles. The van der Waals surface area contributed by atoms with Gasteiger partial charge in [0.1, 0.15) is 11.6 Å². The van der Waals surface area contributed by atoms with E-state index in [1.165, 1.54) is 11.1 Å². The summed E-state index contributed by atoms with van der Waals surface area (Å²) in [4.78, 5) is 8.35. The van der Waals surface area contributed by atoms with Crippen molar-refractivity contribution in [3.63, 3.8) is 0 Å². The molecule has 0 spiro atoms. The predicted molar refractivity (Wildman–Crippen MR) is 95.0 cm³/mol. The molecule has 0 aliphatic heterocycles. The first kappa shape index (κ1) is 18.0. The maximum absolute atomic E-state index is 5.52. The Kier molecular flexibility index (Phi) is 6.35. The normalized spacial score (nSPS) is 10.5. The highest BCUT2D eigenvalue weighted by Crippen LogP contribution is 2.18. The number of hydrogen-bond donors (Lipinski definition) is 2. The maximum atomic E-state index is 5.52. The number of nitrogen functional groups attached to an aromatic ring is 2. The minimum absolute atomic E-state index is 0.531. The second kappa shape index (κ2) is 7.78. The van der Waals surface area contributed by atoms with E-state index in [9.17, 15) is 0 Å². The summed E-state index contributed by atoms with van der Waals surface area (Å²) in [5.41, 5.74) is 15.7. The van der Waals surface area contributed by atoms with Crippen molar-refractivity contribution < 1.29 is 0 Å². The summed E-state index contributed by atoms with van der Waals surface area (Å²) in [7, 11) is 0. The monoisotopic (exact) mass is 300 g/mol. The van der Waals surface area contributed by atoms with Crippen LogP contribution in [0.1, 0.15) is 62.0 Å². The van der Waals surface area contributed by atoms with Gasteiger partial charge < -0.3 is 11.5 Å². The van der Waals surface area contributed by atoms with Crippen molar-refractivity contribution in [2.45, 2.75) is 53.4 Å². The molecule has 4 heteroatoms. The second-order valence-corrected chi connectivity index (χ2v) is 6.13. The first-order valence-electron chi connectivity index (χ1n) is 7.68. The third-order valence-electron chi connectivity index (χ3n) is 3.54. The van der Waals surface area contributed by atoms with Crippen molar-refractivity contribution in [2.75, 3.05) is 11.5 Å². The third kappa shape index (κ3) is 5.02. The van der Waals surface area contributed by atoms with Crippen LogP contribution < -0.4 is 11.5 Å². The van der Waals surface area contributed by atoms with Gasteiger partial charge in [0.2, 0.25) is 0 Å². The van der Waals surface area contributed by atoms with Gasteiger partial charge in [-0.05, 0) is 48.9 Å². The molecular formula is C18H28N4. The molecule has 2 aromatic rings. The molecule has 0 bridgehead atoms. The number of nitrogens with zero attached hydrogens (tertiary/aromatic N) is 2. The van der Waals surface area contributed by atoms with E-state index >= 15 is 0 Å². The molecule has 0 atom stereocenters. The number of hydrogen-bond acceptors (Lipinski definition) is 4. The molecule has 2 aromatic heterocycles. The molecule has 4 nitrogen and oxygen atoms in total. The Morgan fingerprint density at radius 2 is 1.00 bits per heavy atom. The molecule has 0 aliphatic rings. The Morgan fingerprint density at radius 3 is 1.23 bits per heavy atom. The van der Waals surface area contributed by atoms with Gasteiger partial charge in [0.15, 0.2) is 0 Å². The van der Waals surface area contributed by atoms with Crippen LogP contribution in [0.4, 0.5) is 11.6 Å². The van der Waals surface area contributed by atoms with E-state index in [4.69, 9.17) is 11.5 Å². The van der Waals surface area contributed by atoms with Gasteiger partial charge in [-0.15, -0.1) is 0 Å². The quantitative estimate of drug-likeness (QED) is 0.871. The van der Waals surface area contributed by atoms with Crippen LogP contribution in [0.2, 0.25) is 0 Å². The molecule has 4 N–H and O–H groups in total. The number of anilines is 2. The van der Waals surface area contributed by atoms with E-state index < -0.39 is 0 Å². The van der Waals surface area contributed by atoms with Gasteiger partial charge in [0.05, 0.1) is 0 Å². The molecule has 0 saturated carbocycles. The summed E-state index contributed by atoms with van der Waals surface area (Å²) in [6.07, 6.45) is 0. The zero-order valence-corrected chi connectivity index (χ0v) is 14.5. The Morgan fingerprint density at radius 1 is 0.682 bits per heavy atom. The fraction of sp³-hybridized carbons (Fsp3) is 0.444. The highest BCUT2D eigenvalue weighted by atomic mass is 14.8. The Labute approximate surface area is 134 Å². The molecule has 0 saturated heterocycles. The van der Waals surface area contributed by atoms with Gasteiger partial charge in [-0.2, -0.15) is 0 Å². The summed E-state index contributed by atoms with van der Waals surface area (Å²) >= 11 is 0. The molecule has 0 radical (unpaired) electrons. The van der Waals surface area contributed by atoms with E-state index in [1.54, 1.807) is 0 Å². The van der Waals surface area contributed by atoms with Gasteiger partial charge in [-0.3, -0.25) is 0 Å². The van der Waals surface area contributed by atoms with Gasteiger partial charge in [-0.25, -0.2) is 9.97 Å². The lowest BCUT2D eigenvalue weighted by Crippen LogP contribution is -1.98. The largest absolute Gasteiger partial charge is 0.384 e. The van der Waals surface area contributed by atoms with E-state index in [0.29, 0.717) is 23.5 Å². The van der Waals surface area contributed by atoms with Crippen LogP contribution in [0.25, 0.3) is 0 Å². The summed E-state index contributed by atoms with van der Waals surface area (Å²) in [5.74, 6) is 2.27. The topological polar surface area (TPSA) is 77.8 Å². The Balaban J connectivity index is 0.000000220. The summed E-state index contributed by atoms with van der Waals surface area (Å²) in [5, 5.41) is 0. The molecule has 22 heavy (non-hydrogen) atoms. The average Bonchev–Trinajstić information content (AvgIpc) is 2.38. The van der Waals surface area contributed by atoms with Gasteiger partial charge in [-0.1, -0.05) is 39.8 Å². The van der Waals surface area contributed by atoms with Crippen molar-refractivity contribution in [3.05, 3.63) is 46.8 Å². The van der Waals surface area contributed by atoms with Crippen LogP contribution in [0.15, 0.2) is 24.3 Å². The van der Waals surface area contributed by atoms with Crippen molar-refractivity contribution >= 4 is 11.6 Å². The number of pyridine rings is 2. The maximum Gasteiger partial charge on any atom is 0.123 e. The zero-order chi connectivity index (χ0) is 16.9. The van der Waals surface area contributed by atoms with Gasteiger partial charge in [0.25, 0.3) is 0 Å². The van der Waals surface area contributed by atoms with Crippen LogP contribution in [0.3, 0.4) is 0 Å². The Hall–Kier alpha value is -2.10. The summed E-state index contributed by atoms with van der Waals surface area (Å²) < 4.78 is 0. The van der Waals surface area contributed by atoms with Crippen LogP contribution in [0, 0.1) is 13.8 Å². The van der Waals surface area contributed by atoms with Crippen LogP contribution in [-0.2, 0) is 0 Å². The second-order valence-electron chi connectivity index (χ2n) is 6.13. The highest BCUT2D eigenvalue weighted by Gasteiger charge is 2.04. The van der Waals surface area contributed by atoms with E-state index in [-0.39, 0.29) is 0 Å². The SMILES string of the molecule is Cc1nc(N)ccc1C(C)C.Cc1nc(N)ccc1C(C)C. The molecule has 2 heterocycles. The van der Waals surface area contributed by atoms with E-state index in [2.05, 4.69) is 37.7 Å². The van der Waals surface area contributed by atoms with Crippen molar-refractivity contribution in [3.8, 4) is 0 Å². The fourth-order valence-electron chi connectivity index (χ4n) is 2.40. The Bertz CT molecular complexity index is 563. The molecule has 0 aliphatic carbocycles. The summed E-state index contributed by atoms with van der Waals surface area (Å²) in [6, 6.07) is 7.79. The van der Waals surface area contributed by atoms with Gasteiger partial charge >= 0.3 is 0 Å². The first-order valence-corrected chi connectivity index (χ1v) is 7.68. The highest BCUT2D eigenvalue weighted by molar-refractivity contribution is 5.35. The number of aromatic nitrogens is 2. The van der Waals surface area contributed by atoms with Crippen LogP contribution in [0.5, 0.6) is 0 Å². The zero-order valence-electron chi connectivity index (χ0n) is 14.5. The lowest BCUT2D eigenvalue weighted by atomic mass is 10.0. The molecular weight excluding hydrogens is 272 g/mol. The number of aryl methyl sites for hydroxylation is 2. The predicted octanol–water partition coefficient (Wildman–Crippen LogP) is 4.19. The van der Waals surface area contributed by atoms with Crippen LogP contribution in [-0.4, -0.2) is 9.97 Å². The average molecular weight is 300 g/mol. The van der Waals surface area contributed by atoms with Crippen molar-refractivity contribution in [1.29, 1.82) is 0 Å². The first-order chi connectivity index (χ1) is 10.2. The van der Waals surface area contributed by atoms with Crippen molar-refractivity contribution in [1.82, 2.24) is 9.97 Å². The minimum Gasteiger partial charge on any atom is -0.384 e. The van der Waals surface area contributed by atoms with Crippen LogP contribution >= 0.6 is 0 Å². The third-order valence-corrected chi connectivity index (χ3v) is 3.54. The fourth-order valence-corrected chi connectivity index (χ4v) is 2.40. The standard InChI is InChI=1S/2C9H14N2/c2*1-6(2)8-4-5-9(10)11-7(8)3/h2*4-6H,1-3H3,(H2,10,11). The smallest absolute Gasteiger partial charge is 0.123 e. The molecule has 0 amide bonds. The van der Waals surface area contributed by atoms with E-state index in [0.717, 1.165) is 11.4 Å². The lowest BCUT2D eigenvalue weighted by molar-refractivity contribution is 0.844.